The third-order valence-corrected chi connectivity index (χ3v) is 5.78. The topological polar surface area (TPSA) is 85.2 Å². The van der Waals surface area contributed by atoms with Crippen molar-refractivity contribution >= 4 is 11.5 Å². The van der Waals surface area contributed by atoms with Crippen LogP contribution in [0.25, 0.3) is 5.65 Å². The van der Waals surface area contributed by atoms with Gasteiger partial charge in [-0.3, -0.25) is 0 Å². The molecule has 3 fully saturated rings. The number of piperidine rings is 1. The Morgan fingerprint density at radius 2 is 1.69 bits per heavy atom. The van der Waals surface area contributed by atoms with Crippen molar-refractivity contribution in [1.29, 1.82) is 0 Å². The minimum Gasteiger partial charge on any atom is -0.355 e. The molecule has 0 atom stereocenters. The van der Waals surface area contributed by atoms with E-state index in [9.17, 15) is 0 Å². The van der Waals surface area contributed by atoms with Crippen molar-refractivity contribution in [2.75, 3.05) is 18.0 Å². The molecule has 0 N–H and O–H groups in total. The highest BCUT2D eigenvalue weighted by Gasteiger charge is 2.32. The Morgan fingerprint density at radius 1 is 0.885 bits per heavy atom. The molecule has 2 aliphatic carbocycles. The summed E-state index contributed by atoms with van der Waals surface area (Å²) in [5, 5.41) is 17.6. The smallest absolute Gasteiger partial charge is 0.229 e. The van der Waals surface area contributed by atoms with E-state index in [1.165, 1.54) is 25.7 Å². The van der Waals surface area contributed by atoms with E-state index in [0.717, 1.165) is 54.9 Å². The molecule has 0 unspecified atom stereocenters. The minimum atomic E-state index is 0.392. The first-order valence-corrected chi connectivity index (χ1v) is 9.66. The zero-order valence-corrected chi connectivity index (χ0v) is 14.6. The molecular formula is C18H21N7O. The van der Waals surface area contributed by atoms with Crippen molar-refractivity contribution in [3.05, 3.63) is 29.7 Å². The van der Waals surface area contributed by atoms with Crippen LogP contribution in [0.15, 0.2) is 16.7 Å². The van der Waals surface area contributed by atoms with Crippen LogP contribution in [0.3, 0.4) is 0 Å². The molecule has 0 spiro atoms. The molecule has 8 heteroatoms. The lowest BCUT2D eigenvalue weighted by Gasteiger charge is -2.31. The van der Waals surface area contributed by atoms with Gasteiger partial charge in [0.05, 0.1) is 0 Å². The number of hydrogen-bond donors (Lipinski definition) is 0. The molecule has 3 aliphatic rings. The second kappa shape index (κ2) is 5.49. The van der Waals surface area contributed by atoms with Gasteiger partial charge >= 0.3 is 0 Å². The van der Waals surface area contributed by atoms with Crippen LogP contribution < -0.4 is 4.90 Å². The molecular weight excluding hydrogens is 330 g/mol. The van der Waals surface area contributed by atoms with Crippen LogP contribution >= 0.6 is 0 Å². The Labute approximate surface area is 150 Å². The van der Waals surface area contributed by atoms with Gasteiger partial charge in [-0.1, -0.05) is 5.16 Å². The van der Waals surface area contributed by atoms with Gasteiger partial charge < -0.3 is 9.42 Å². The van der Waals surface area contributed by atoms with Crippen LogP contribution in [0.2, 0.25) is 0 Å². The largest absolute Gasteiger partial charge is 0.355 e. The van der Waals surface area contributed by atoms with Gasteiger partial charge in [-0.2, -0.15) is 9.50 Å². The highest BCUT2D eigenvalue weighted by atomic mass is 16.5. The maximum atomic E-state index is 5.43. The van der Waals surface area contributed by atoms with Gasteiger partial charge in [-0.25, -0.2) is 0 Å². The first-order valence-electron chi connectivity index (χ1n) is 9.66. The Hall–Kier alpha value is -2.51. The van der Waals surface area contributed by atoms with Crippen molar-refractivity contribution in [3.8, 4) is 0 Å². The number of hydrogen-bond acceptors (Lipinski definition) is 7. The number of anilines is 1. The van der Waals surface area contributed by atoms with Crippen molar-refractivity contribution < 1.29 is 4.52 Å². The molecule has 2 saturated carbocycles. The zero-order valence-electron chi connectivity index (χ0n) is 14.6. The van der Waals surface area contributed by atoms with E-state index in [1.807, 2.05) is 10.6 Å². The first kappa shape index (κ1) is 14.6. The maximum absolute atomic E-state index is 5.43. The SMILES string of the molecule is c1cc2nnc(C3CC3)n2nc1N1CCC(c2noc(C3CC3)n2)CC1. The lowest BCUT2D eigenvalue weighted by Crippen LogP contribution is -2.34. The summed E-state index contributed by atoms with van der Waals surface area (Å²) in [5.41, 5.74) is 0.838. The molecule has 0 amide bonds. The summed E-state index contributed by atoms with van der Waals surface area (Å²) in [4.78, 5) is 6.97. The van der Waals surface area contributed by atoms with E-state index in [4.69, 9.17) is 9.62 Å². The number of rotatable bonds is 4. The van der Waals surface area contributed by atoms with E-state index in [-0.39, 0.29) is 0 Å². The molecule has 8 nitrogen and oxygen atoms in total. The fraction of sp³-hybridized carbons (Fsp3) is 0.611. The zero-order chi connectivity index (χ0) is 17.1. The summed E-state index contributed by atoms with van der Waals surface area (Å²) >= 11 is 0. The summed E-state index contributed by atoms with van der Waals surface area (Å²) in [6.45, 7) is 1.91. The van der Waals surface area contributed by atoms with Crippen molar-refractivity contribution in [2.45, 2.75) is 56.3 Å². The van der Waals surface area contributed by atoms with Gasteiger partial charge in [0.25, 0.3) is 0 Å². The van der Waals surface area contributed by atoms with Crippen LogP contribution in [0.4, 0.5) is 5.82 Å². The summed E-state index contributed by atoms with van der Waals surface area (Å²) in [6, 6.07) is 4.08. The second-order valence-corrected chi connectivity index (χ2v) is 7.82. The highest BCUT2D eigenvalue weighted by Crippen LogP contribution is 2.40. The van der Waals surface area contributed by atoms with Gasteiger partial charge in [0, 0.05) is 30.8 Å². The molecule has 1 aliphatic heterocycles. The van der Waals surface area contributed by atoms with Gasteiger partial charge in [0.1, 0.15) is 5.82 Å². The van der Waals surface area contributed by atoms with Crippen LogP contribution in [-0.4, -0.2) is 43.0 Å². The predicted octanol–water partition coefficient (Wildman–Crippen LogP) is 2.65. The van der Waals surface area contributed by atoms with Gasteiger partial charge in [-0.05, 0) is 50.7 Å². The summed E-state index contributed by atoms with van der Waals surface area (Å²) in [5.74, 6) is 5.21. The van der Waals surface area contributed by atoms with E-state index in [1.54, 1.807) is 0 Å². The summed E-state index contributed by atoms with van der Waals surface area (Å²) < 4.78 is 7.36. The average Bonchev–Trinajstić information content (AvgIpc) is 3.62. The summed E-state index contributed by atoms with van der Waals surface area (Å²) in [6.07, 6.45) is 6.85. The molecule has 3 aromatic heterocycles. The molecule has 0 aromatic carbocycles. The molecule has 3 aromatic rings. The Morgan fingerprint density at radius 3 is 2.46 bits per heavy atom. The van der Waals surface area contributed by atoms with Crippen molar-refractivity contribution in [1.82, 2.24) is 30.0 Å². The van der Waals surface area contributed by atoms with E-state index < -0.39 is 0 Å². The molecule has 26 heavy (non-hydrogen) atoms. The maximum Gasteiger partial charge on any atom is 0.229 e. The molecule has 1 saturated heterocycles. The molecule has 6 rings (SSSR count). The molecule has 134 valence electrons. The Kier molecular flexibility index (Phi) is 3.09. The lowest BCUT2D eigenvalue weighted by atomic mass is 9.96. The number of nitrogens with zero attached hydrogens (tertiary/aromatic N) is 7. The summed E-state index contributed by atoms with van der Waals surface area (Å²) in [7, 11) is 0. The number of aromatic nitrogens is 6. The fourth-order valence-corrected chi connectivity index (χ4v) is 3.84. The van der Waals surface area contributed by atoms with Crippen molar-refractivity contribution in [2.24, 2.45) is 0 Å². The fourth-order valence-electron chi connectivity index (χ4n) is 3.84. The van der Waals surface area contributed by atoms with Gasteiger partial charge in [-0.15, -0.1) is 15.3 Å². The molecule has 0 radical (unpaired) electrons. The normalized spacial score (nSPS) is 21.6. The third-order valence-electron chi connectivity index (χ3n) is 5.78. The third kappa shape index (κ3) is 2.47. The Bertz CT molecular complexity index is 948. The van der Waals surface area contributed by atoms with Crippen LogP contribution in [0.1, 0.15) is 73.8 Å². The van der Waals surface area contributed by atoms with E-state index in [2.05, 4.69) is 31.3 Å². The van der Waals surface area contributed by atoms with Crippen molar-refractivity contribution in [3.63, 3.8) is 0 Å². The highest BCUT2D eigenvalue weighted by molar-refractivity contribution is 5.46. The molecule has 4 heterocycles. The van der Waals surface area contributed by atoms with Gasteiger partial charge in [0.2, 0.25) is 5.89 Å². The van der Waals surface area contributed by atoms with Crippen LogP contribution in [0.5, 0.6) is 0 Å². The lowest BCUT2D eigenvalue weighted by molar-refractivity contribution is 0.364. The van der Waals surface area contributed by atoms with E-state index in [0.29, 0.717) is 17.8 Å². The van der Waals surface area contributed by atoms with Crippen LogP contribution in [-0.2, 0) is 0 Å². The minimum absolute atomic E-state index is 0.392. The van der Waals surface area contributed by atoms with Crippen LogP contribution in [0, 0.1) is 0 Å². The Balaban J connectivity index is 1.19. The quantitative estimate of drug-likeness (QED) is 0.714. The standard InChI is InChI=1S/C18H21N7O/c1-2-12(1)17-21-20-14-5-6-15(22-25(14)17)24-9-7-11(8-10-24)16-19-18(26-23-16)13-3-4-13/h5-6,11-13H,1-4,7-10H2. The number of fused-ring (bicyclic) bond motifs is 1. The second-order valence-electron chi connectivity index (χ2n) is 7.82. The molecule has 0 bridgehead atoms. The first-order chi connectivity index (χ1) is 12.8. The van der Waals surface area contributed by atoms with E-state index >= 15 is 0 Å². The predicted molar refractivity (Wildman–Crippen MR) is 93.2 cm³/mol. The monoisotopic (exact) mass is 351 g/mol. The average molecular weight is 351 g/mol. The van der Waals surface area contributed by atoms with Gasteiger partial charge in [0.15, 0.2) is 17.3 Å².